The summed E-state index contributed by atoms with van der Waals surface area (Å²) in [6.07, 6.45) is 1.52. The van der Waals surface area contributed by atoms with E-state index < -0.39 is 10.0 Å². The number of urea groups is 1. The molecule has 0 saturated carbocycles. The predicted octanol–water partition coefficient (Wildman–Crippen LogP) is 2.04. The second kappa shape index (κ2) is 6.10. The van der Waals surface area contributed by atoms with Crippen molar-refractivity contribution in [3.05, 3.63) is 35.8 Å². The molecule has 9 heteroatoms. The van der Waals surface area contributed by atoms with Crippen molar-refractivity contribution in [2.24, 2.45) is 0 Å². The number of nitrogens with one attached hydrogen (secondary N) is 2. The second-order valence-corrected chi connectivity index (χ2v) is 6.87. The van der Waals surface area contributed by atoms with Crippen molar-refractivity contribution in [2.75, 3.05) is 24.1 Å². The van der Waals surface area contributed by atoms with Gasteiger partial charge in [-0.25, -0.2) is 18.2 Å². The van der Waals surface area contributed by atoms with Gasteiger partial charge in [-0.05, 0) is 24.3 Å². The van der Waals surface area contributed by atoms with Crippen LogP contribution in [-0.2, 0) is 10.0 Å². The fraction of sp³-hybridized carbons (Fsp3) is 0.167. The average molecular weight is 326 g/mol. The van der Waals surface area contributed by atoms with Gasteiger partial charge in [0.05, 0.1) is 4.90 Å². The van der Waals surface area contributed by atoms with E-state index in [4.69, 9.17) is 0 Å². The summed E-state index contributed by atoms with van der Waals surface area (Å²) < 4.78 is 26.6. The van der Waals surface area contributed by atoms with Crippen LogP contribution in [0.3, 0.4) is 0 Å². The fourth-order valence-corrected chi connectivity index (χ4v) is 3.19. The van der Waals surface area contributed by atoms with Gasteiger partial charge in [0.15, 0.2) is 5.13 Å². The minimum atomic E-state index is -3.67. The number of benzene rings is 1. The molecule has 2 N–H and O–H groups in total. The Balaban J connectivity index is 2.13. The fourth-order valence-electron chi connectivity index (χ4n) is 1.40. The number of thiazole rings is 1. The monoisotopic (exact) mass is 326 g/mol. The molecule has 21 heavy (non-hydrogen) atoms. The Kier molecular flexibility index (Phi) is 4.43. The van der Waals surface area contributed by atoms with E-state index in [2.05, 4.69) is 15.0 Å². The maximum absolute atomic E-state index is 12.1. The van der Waals surface area contributed by atoms with E-state index in [-0.39, 0.29) is 10.9 Å². The number of hydrogen-bond donors (Lipinski definition) is 2. The van der Waals surface area contributed by atoms with Gasteiger partial charge in [0.2, 0.25) is 0 Å². The molecule has 2 rings (SSSR count). The van der Waals surface area contributed by atoms with Gasteiger partial charge < -0.3 is 10.2 Å². The summed E-state index contributed by atoms with van der Waals surface area (Å²) in [6, 6.07) is 5.60. The summed E-state index contributed by atoms with van der Waals surface area (Å²) in [7, 11) is -0.436. The first-order valence-electron chi connectivity index (χ1n) is 5.89. The molecule has 7 nitrogen and oxygen atoms in total. The van der Waals surface area contributed by atoms with Gasteiger partial charge in [-0.2, -0.15) is 0 Å². The molecule has 0 aliphatic carbocycles. The Morgan fingerprint density at radius 2 is 1.90 bits per heavy atom. The van der Waals surface area contributed by atoms with Crippen molar-refractivity contribution >= 4 is 38.2 Å². The van der Waals surface area contributed by atoms with Gasteiger partial charge in [-0.15, -0.1) is 11.3 Å². The Bertz CT molecular complexity index is 709. The molecule has 0 aliphatic rings. The highest BCUT2D eigenvalue weighted by molar-refractivity contribution is 7.93. The zero-order valence-electron chi connectivity index (χ0n) is 11.4. The largest absolute Gasteiger partial charge is 0.331 e. The van der Waals surface area contributed by atoms with Crippen molar-refractivity contribution in [1.29, 1.82) is 0 Å². The zero-order valence-corrected chi connectivity index (χ0v) is 13.0. The molecule has 1 aromatic heterocycles. The van der Waals surface area contributed by atoms with Crippen LogP contribution in [0.4, 0.5) is 15.6 Å². The smallest absolute Gasteiger partial charge is 0.321 e. The van der Waals surface area contributed by atoms with Gasteiger partial charge in [-0.1, -0.05) is 0 Å². The summed E-state index contributed by atoms with van der Waals surface area (Å²) in [5.74, 6) is 0. The number of sulfonamides is 1. The van der Waals surface area contributed by atoms with Crippen LogP contribution in [0.15, 0.2) is 40.7 Å². The summed E-state index contributed by atoms with van der Waals surface area (Å²) in [5.41, 5.74) is 0.516. The van der Waals surface area contributed by atoms with E-state index >= 15 is 0 Å². The standard InChI is InChI=1S/C12H14N4O3S2/c1-16(2)12(17)14-9-3-5-10(6-4-9)21(18,19)15-11-13-7-8-20-11/h3-8H,1-2H3,(H,13,15)(H,14,17). The number of hydrogen-bond acceptors (Lipinski definition) is 5. The lowest BCUT2D eigenvalue weighted by Gasteiger charge is -2.12. The van der Waals surface area contributed by atoms with Gasteiger partial charge in [0.25, 0.3) is 10.0 Å². The SMILES string of the molecule is CN(C)C(=O)Nc1ccc(S(=O)(=O)Nc2nccs2)cc1. The molecule has 112 valence electrons. The van der Waals surface area contributed by atoms with Crippen LogP contribution in [0.25, 0.3) is 0 Å². The number of aromatic nitrogens is 1. The lowest BCUT2D eigenvalue weighted by atomic mass is 10.3. The third kappa shape index (κ3) is 3.92. The highest BCUT2D eigenvalue weighted by atomic mass is 32.2. The summed E-state index contributed by atoms with van der Waals surface area (Å²) in [4.78, 5) is 16.8. The molecule has 0 bridgehead atoms. The number of nitrogens with zero attached hydrogens (tertiary/aromatic N) is 2. The van der Waals surface area contributed by atoms with Crippen molar-refractivity contribution in [2.45, 2.75) is 4.90 Å². The average Bonchev–Trinajstić information content (AvgIpc) is 2.91. The van der Waals surface area contributed by atoms with Crippen LogP contribution in [0.2, 0.25) is 0 Å². The molecule has 0 spiro atoms. The highest BCUT2D eigenvalue weighted by Crippen LogP contribution is 2.19. The van der Waals surface area contributed by atoms with E-state index in [1.165, 1.54) is 46.7 Å². The molecule has 0 saturated heterocycles. The van der Waals surface area contributed by atoms with Crippen LogP contribution in [0.5, 0.6) is 0 Å². The van der Waals surface area contributed by atoms with Crippen molar-refractivity contribution in [1.82, 2.24) is 9.88 Å². The lowest BCUT2D eigenvalue weighted by molar-refractivity contribution is 0.230. The number of rotatable bonds is 4. The minimum absolute atomic E-state index is 0.0977. The predicted molar refractivity (Wildman–Crippen MR) is 82.1 cm³/mol. The van der Waals surface area contributed by atoms with Crippen LogP contribution in [0.1, 0.15) is 0 Å². The molecular weight excluding hydrogens is 312 g/mol. The molecule has 0 aliphatic heterocycles. The van der Waals surface area contributed by atoms with Crippen LogP contribution >= 0.6 is 11.3 Å². The Morgan fingerprint density at radius 1 is 1.24 bits per heavy atom. The summed E-state index contributed by atoms with van der Waals surface area (Å²) in [5, 5.41) is 4.61. The molecule has 1 aromatic carbocycles. The van der Waals surface area contributed by atoms with Gasteiger partial charge in [0, 0.05) is 31.4 Å². The van der Waals surface area contributed by atoms with Crippen molar-refractivity contribution in [3.63, 3.8) is 0 Å². The molecule has 2 aromatic rings. The maximum Gasteiger partial charge on any atom is 0.321 e. The molecular formula is C12H14N4O3S2. The van der Waals surface area contributed by atoms with Gasteiger partial charge in [-0.3, -0.25) is 4.72 Å². The third-order valence-corrected chi connectivity index (χ3v) is 4.65. The highest BCUT2D eigenvalue weighted by Gasteiger charge is 2.15. The van der Waals surface area contributed by atoms with Crippen molar-refractivity contribution in [3.8, 4) is 0 Å². The first-order valence-corrected chi connectivity index (χ1v) is 8.25. The van der Waals surface area contributed by atoms with Crippen molar-refractivity contribution < 1.29 is 13.2 Å². The first-order chi connectivity index (χ1) is 9.88. The van der Waals surface area contributed by atoms with Gasteiger partial charge >= 0.3 is 6.03 Å². The third-order valence-electron chi connectivity index (χ3n) is 2.48. The molecule has 0 fully saturated rings. The quantitative estimate of drug-likeness (QED) is 0.899. The molecule has 0 atom stereocenters. The van der Waals surface area contributed by atoms with E-state index in [1.807, 2.05) is 0 Å². The molecule has 0 radical (unpaired) electrons. The normalized spacial score (nSPS) is 11.0. The zero-order chi connectivity index (χ0) is 15.5. The van der Waals surface area contributed by atoms with E-state index in [0.29, 0.717) is 10.8 Å². The van der Waals surface area contributed by atoms with Crippen LogP contribution in [-0.4, -0.2) is 38.4 Å². The minimum Gasteiger partial charge on any atom is -0.331 e. The summed E-state index contributed by atoms with van der Waals surface area (Å²) in [6.45, 7) is 0. The number of carbonyl (C=O) groups is 1. The topological polar surface area (TPSA) is 91.4 Å². The Morgan fingerprint density at radius 3 is 2.43 bits per heavy atom. The van der Waals surface area contributed by atoms with E-state index in [1.54, 1.807) is 19.5 Å². The molecule has 1 heterocycles. The summed E-state index contributed by atoms with van der Waals surface area (Å²) >= 11 is 1.20. The van der Waals surface area contributed by atoms with Crippen LogP contribution < -0.4 is 10.0 Å². The Hall–Kier alpha value is -2.13. The number of anilines is 2. The lowest BCUT2D eigenvalue weighted by Crippen LogP contribution is -2.27. The second-order valence-electron chi connectivity index (χ2n) is 4.29. The van der Waals surface area contributed by atoms with Crippen LogP contribution in [0, 0.1) is 0 Å². The Labute approximate surface area is 126 Å². The maximum atomic E-state index is 12.1. The van der Waals surface area contributed by atoms with Gasteiger partial charge in [0.1, 0.15) is 0 Å². The molecule has 2 amide bonds. The number of carbonyl (C=O) groups excluding carboxylic acids is 1. The molecule has 0 unspecified atom stereocenters. The number of amides is 2. The first kappa shape index (κ1) is 15.3. The van der Waals surface area contributed by atoms with E-state index in [9.17, 15) is 13.2 Å². The van der Waals surface area contributed by atoms with E-state index in [0.717, 1.165) is 0 Å².